The fourth-order valence-electron chi connectivity index (χ4n) is 4.75. The van der Waals surface area contributed by atoms with Gasteiger partial charge in [-0.15, -0.1) is 0 Å². The van der Waals surface area contributed by atoms with Crippen LogP contribution in [0.2, 0.25) is 0 Å². The number of ether oxygens (including phenoxy) is 2. The molecule has 0 aliphatic rings. The zero-order chi connectivity index (χ0) is 31.1. The van der Waals surface area contributed by atoms with E-state index in [1.165, 1.54) is 12.1 Å². The van der Waals surface area contributed by atoms with E-state index in [-0.39, 0.29) is 28.9 Å². The summed E-state index contributed by atoms with van der Waals surface area (Å²) in [5, 5.41) is 22.9. The molecule has 0 amide bonds. The van der Waals surface area contributed by atoms with Crippen LogP contribution in [0.25, 0.3) is 17.2 Å². The van der Waals surface area contributed by atoms with Crippen molar-refractivity contribution >= 4 is 11.9 Å². The molecule has 0 aliphatic carbocycles. The van der Waals surface area contributed by atoms with Crippen LogP contribution in [-0.4, -0.2) is 74.9 Å². The van der Waals surface area contributed by atoms with Gasteiger partial charge in [-0.25, -0.2) is 19.6 Å². The molecule has 0 atom stereocenters. The first kappa shape index (κ1) is 31.4. The molecule has 3 N–H and O–H groups in total. The summed E-state index contributed by atoms with van der Waals surface area (Å²) in [5.74, 6) is -0.828. The van der Waals surface area contributed by atoms with Crippen LogP contribution in [0, 0.1) is 6.92 Å². The molecule has 11 nitrogen and oxygen atoms in total. The van der Waals surface area contributed by atoms with E-state index in [0.29, 0.717) is 42.5 Å². The van der Waals surface area contributed by atoms with Crippen LogP contribution in [-0.2, 0) is 17.8 Å². The second-order valence-corrected chi connectivity index (χ2v) is 10.4. The molecule has 0 saturated heterocycles. The Morgan fingerprint density at radius 1 is 1.07 bits per heavy atom. The summed E-state index contributed by atoms with van der Waals surface area (Å²) in [6.45, 7) is 8.40. The molecule has 0 unspecified atom stereocenters. The zero-order valence-corrected chi connectivity index (χ0v) is 25.0. The molecule has 2 aromatic carbocycles. The van der Waals surface area contributed by atoms with Crippen LogP contribution < -0.4 is 10.1 Å². The minimum atomic E-state index is -1.20. The van der Waals surface area contributed by atoms with Gasteiger partial charge in [0.05, 0.1) is 17.9 Å². The number of nitrogens with zero attached hydrogens (tertiary/aromatic N) is 4. The lowest BCUT2D eigenvalue weighted by Crippen LogP contribution is -2.33. The van der Waals surface area contributed by atoms with Crippen molar-refractivity contribution in [1.82, 2.24) is 24.8 Å². The molecule has 0 bridgehead atoms. The highest BCUT2D eigenvalue weighted by Gasteiger charge is 2.24. The summed E-state index contributed by atoms with van der Waals surface area (Å²) in [6.07, 6.45) is 1.70. The van der Waals surface area contributed by atoms with E-state index in [2.05, 4.69) is 34.0 Å². The molecule has 11 heteroatoms. The molecule has 2 heterocycles. The van der Waals surface area contributed by atoms with Crippen LogP contribution in [0.5, 0.6) is 11.5 Å². The molecule has 0 spiro atoms. The Hall–Kier alpha value is -4.58. The van der Waals surface area contributed by atoms with E-state index in [1.54, 1.807) is 36.9 Å². The number of carbonyl (C=O) groups is 2. The third kappa shape index (κ3) is 7.44. The SMILES string of the molecule is CNCc1ccc(-n2c(-c3cc(Oc4ccccc4CN(CCOC)C(C)C)cc(C(=O)O)c3)nc(C(=O)O)c2C)nc1. The highest BCUT2D eigenvalue weighted by molar-refractivity contribution is 5.91. The van der Waals surface area contributed by atoms with Gasteiger partial charge < -0.3 is 25.0 Å². The van der Waals surface area contributed by atoms with Gasteiger partial charge in [0.1, 0.15) is 23.1 Å². The van der Waals surface area contributed by atoms with E-state index < -0.39 is 11.9 Å². The molecule has 226 valence electrons. The Balaban J connectivity index is 1.79. The number of pyridine rings is 1. The standard InChI is InChI=1S/C32H37N5O6/c1-20(2)36(12-13-42-5)19-23-8-6-7-9-27(23)43-26-15-24(14-25(16-26)31(38)39)30-35-29(32(40)41)21(3)37(30)28-11-10-22(17-33-4)18-34-28/h6-11,14-16,18,20,33H,12-13,17,19H2,1-5H3,(H,38,39)(H,40,41). The second kappa shape index (κ2) is 14.1. The van der Waals surface area contributed by atoms with E-state index in [1.807, 2.05) is 37.4 Å². The number of carboxylic acid groups (broad SMARTS) is 2. The fourth-order valence-corrected chi connectivity index (χ4v) is 4.75. The van der Waals surface area contributed by atoms with Gasteiger partial charge in [-0.3, -0.25) is 9.47 Å². The number of hydrogen-bond donors (Lipinski definition) is 3. The van der Waals surface area contributed by atoms with Crippen LogP contribution >= 0.6 is 0 Å². The van der Waals surface area contributed by atoms with E-state index in [9.17, 15) is 19.8 Å². The molecular weight excluding hydrogens is 550 g/mol. The molecule has 4 rings (SSSR count). The Bertz CT molecular complexity index is 1580. The summed E-state index contributed by atoms with van der Waals surface area (Å²) < 4.78 is 13.2. The number of aromatic nitrogens is 3. The second-order valence-electron chi connectivity index (χ2n) is 10.4. The average molecular weight is 588 g/mol. The number of nitrogens with one attached hydrogen (secondary N) is 1. The van der Waals surface area contributed by atoms with Crippen LogP contribution in [0.1, 0.15) is 51.5 Å². The van der Waals surface area contributed by atoms with Crippen LogP contribution in [0.15, 0.2) is 60.8 Å². The van der Waals surface area contributed by atoms with Crippen molar-refractivity contribution in [2.45, 2.75) is 39.9 Å². The number of imidazole rings is 1. The Labute approximate surface area is 250 Å². The quantitative estimate of drug-likeness (QED) is 0.185. The highest BCUT2D eigenvalue weighted by atomic mass is 16.5. The molecule has 0 radical (unpaired) electrons. The number of methoxy groups -OCH3 is 1. The number of aromatic carboxylic acids is 2. The topological polar surface area (TPSA) is 139 Å². The maximum atomic E-state index is 12.2. The van der Waals surface area contributed by atoms with Gasteiger partial charge in [-0.05, 0) is 63.7 Å². The zero-order valence-electron chi connectivity index (χ0n) is 25.0. The Morgan fingerprint density at radius 2 is 1.84 bits per heavy atom. The maximum absolute atomic E-state index is 12.2. The third-order valence-electron chi connectivity index (χ3n) is 7.03. The minimum absolute atomic E-state index is 0.0321. The lowest BCUT2D eigenvalue weighted by molar-refractivity contribution is 0.0682. The van der Waals surface area contributed by atoms with Gasteiger partial charge in [0.2, 0.25) is 0 Å². The third-order valence-corrected chi connectivity index (χ3v) is 7.03. The average Bonchev–Trinajstić information content (AvgIpc) is 3.33. The number of rotatable bonds is 14. The van der Waals surface area contributed by atoms with E-state index in [4.69, 9.17) is 9.47 Å². The first-order valence-electron chi connectivity index (χ1n) is 13.9. The van der Waals surface area contributed by atoms with Crippen molar-refractivity contribution in [2.24, 2.45) is 0 Å². The molecule has 0 aliphatic heterocycles. The van der Waals surface area contributed by atoms with Crippen molar-refractivity contribution in [3.05, 3.63) is 88.9 Å². The fraction of sp³-hybridized carbons (Fsp3) is 0.312. The smallest absolute Gasteiger partial charge is 0.356 e. The predicted molar refractivity (Wildman–Crippen MR) is 162 cm³/mol. The summed E-state index contributed by atoms with van der Waals surface area (Å²) >= 11 is 0. The van der Waals surface area contributed by atoms with Gasteiger partial charge >= 0.3 is 11.9 Å². The Kier molecular flexibility index (Phi) is 10.3. The maximum Gasteiger partial charge on any atom is 0.356 e. The largest absolute Gasteiger partial charge is 0.478 e. The van der Waals surface area contributed by atoms with Crippen LogP contribution in [0.4, 0.5) is 0 Å². The lowest BCUT2D eigenvalue weighted by atomic mass is 10.1. The van der Waals surface area contributed by atoms with Gasteiger partial charge in [-0.1, -0.05) is 24.3 Å². The minimum Gasteiger partial charge on any atom is -0.478 e. The number of hydrogen-bond acceptors (Lipinski definition) is 8. The first-order chi connectivity index (χ1) is 20.6. The van der Waals surface area contributed by atoms with Crippen molar-refractivity contribution in [2.75, 3.05) is 27.3 Å². The molecule has 2 aromatic heterocycles. The van der Waals surface area contributed by atoms with Crippen molar-refractivity contribution in [3.63, 3.8) is 0 Å². The van der Waals surface area contributed by atoms with Crippen molar-refractivity contribution < 1.29 is 29.3 Å². The lowest BCUT2D eigenvalue weighted by Gasteiger charge is -2.27. The van der Waals surface area contributed by atoms with Crippen molar-refractivity contribution in [1.29, 1.82) is 0 Å². The van der Waals surface area contributed by atoms with Gasteiger partial charge in [0.25, 0.3) is 0 Å². The monoisotopic (exact) mass is 587 g/mol. The van der Waals surface area contributed by atoms with Crippen molar-refractivity contribution in [3.8, 4) is 28.7 Å². The summed E-state index contributed by atoms with van der Waals surface area (Å²) in [4.78, 5) is 35.5. The summed E-state index contributed by atoms with van der Waals surface area (Å²) in [5.41, 5.74) is 2.41. The molecular formula is C32H37N5O6. The number of para-hydroxylation sites is 1. The first-order valence-corrected chi connectivity index (χ1v) is 13.9. The molecule has 0 saturated carbocycles. The highest BCUT2D eigenvalue weighted by Crippen LogP contribution is 2.33. The van der Waals surface area contributed by atoms with E-state index >= 15 is 0 Å². The molecule has 43 heavy (non-hydrogen) atoms. The van der Waals surface area contributed by atoms with Crippen LogP contribution in [0.3, 0.4) is 0 Å². The number of benzene rings is 2. The molecule has 0 fully saturated rings. The van der Waals surface area contributed by atoms with Gasteiger partial charge in [0, 0.05) is 50.1 Å². The summed E-state index contributed by atoms with van der Waals surface area (Å²) in [6, 6.07) is 16.1. The predicted octanol–water partition coefficient (Wildman–Crippen LogP) is 5.01. The summed E-state index contributed by atoms with van der Waals surface area (Å²) in [7, 11) is 3.50. The Morgan fingerprint density at radius 3 is 2.47 bits per heavy atom. The van der Waals surface area contributed by atoms with Gasteiger partial charge in [-0.2, -0.15) is 0 Å². The van der Waals surface area contributed by atoms with E-state index in [0.717, 1.165) is 17.7 Å². The molecule has 4 aromatic rings. The van der Waals surface area contributed by atoms with Gasteiger partial charge in [0.15, 0.2) is 5.69 Å². The normalized spacial score (nSPS) is 11.3. The number of carboxylic acids is 2.